The average molecular weight is 350 g/mol. The summed E-state index contributed by atoms with van der Waals surface area (Å²) < 4.78 is 13.5. The lowest BCUT2D eigenvalue weighted by Crippen LogP contribution is -2.23. The molecule has 26 heavy (non-hydrogen) atoms. The molecule has 2 aromatic carbocycles. The molecule has 0 unspecified atom stereocenters. The van der Waals surface area contributed by atoms with Crippen molar-refractivity contribution in [3.05, 3.63) is 89.5 Å². The van der Waals surface area contributed by atoms with Crippen LogP contribution in [0.3, 0.4) is 0 Å². The zero-order valence-electron chi connectivity index (χ0n) is 14.2. The number of hydrogen-bond donors (Lipinski definition) is 2. The molecule has 1 heterocycles. The number of rotatable bonds is 7. The summed E-state index contributed by atoms with van der Waals surface area (Å²) in [5.41, 5.74) is 2.05. The molecule has 0 saturated carbocycles. The number of nitrogens with zero attached hydrogens (tertiary/aromatic N) is 2. The molecule has 3 rings (SSSR count). The summed E-state index contributed by atoms with van der Waals surface area (Å²) in [5, 5.41) is 5.85. The summed E-state index contributed by atoms with van der Waals surface area (Å²) in [6.45, 7) is 0.947. The molecule has 0 aliphatic carbocycles. The van der Waals surface area contributed by atoms with Crippen LogP contribution in [-0.4, -0.2) is 22.4 Å². The van der Waals surface area contributed by atoms with Gasteiger partial charge in [0.25, 0.3) is 5.91 Å². The number of halogens is 1. The van der Waals surface area contributed by atoms with Crippen LogP contribution < -0.4 is 10.6 Å². The monoisotopic (exact) mass is 350 g/mol. The van der Waals surface area contributed by atoms with Gasteiger partial charge in [0.2, 0.25) is 5.95 Å². The van der Waals surface area contributed by atoms with E-state index in [1.807, 2.05) is 30.3 Å². The Kier molecular flexibility index (Phi) is 5.88. The first kappa shape index (κ1) is 17.5. The summed E-state index contributed by atoms with van der Waals surface area (Å²) >= 11 is 0. The molecule has 5 nitrogen and oxygen atoms in total. The fourth-order valence-electron chi connectivity index (χ4n) is 2.43. The van der Waals surface area contributed by atoms with Gasteiger partial charge >= 0.3 is 0 Å². The number of anilines is 1. The van der Waals surface area contributed by atoms with E-state index in [0.717, 1.165) is 5.56 Å². The van der Waals surface area contributed by atoms with Crippen molar-refractivity contribution in [2.24, 2.45) is 0 Å². The highest BCUT2D eigenvalue weighted by Gasteiger charge is 2.07. The lowest BCUT2D eigenvalue weighted by Gasteiger charge is -2.07. The Morgan fingerprint density at radius 2 is 1.65 bits per heavy atom. The van der Waals surface area contributed by atoms with Crippen LogP contribution >= 0.6 is 0 Å². The molecule has 0 spiro atoms. The van der Waals surface area contributed by atoms with Crippen LogP contribution in [0.25, 0.3) is 0 Å². The number of nitrogens with one attached hydrogen (secondary N) is 2. The molecule has 0 atom stereocenters. The third-order valence-electron chi connectivity index (χ3n) is 3.85. The molecule has 0 bridgehead atoms. The quantitative estimate of drug-likeness (QED) is 0.687. The number of aromatic nitrogens is 2. The Morgan fingerprint density at radius 3 is 2.38 bits per heavy atom. The van der Waals surface area contributed by atoms with E-state index in [1.165, 1.54) is 18.5 Å². The van der Waals surface area contributed by atoms with Crippen LogP contribution in [0.15, 0.2) is 67.0 Å². The highest BCUT2D eigenvalue weighted by molar-refractivity contribution is 5.93. The van der Waals surface area contributed by atoms with E-state index in [0.29, 0.717) is 36.6 Å². The predicted octanol–water partition coefficient (Wildman–Crippen LogP) is 3.20. The van der Waals surface area contributed by atoms with Gasteiger partial charge in [0.1, 0.15) is 5.82 Å². The molecule has 1 amide bonds. The number of carbonyl (C=O) groups excluding carboxylic acids is 1. The zero-order chi connectivity index (χ0) is 18.2. The summed E-state index contributed by atoms with van der Waals surface area (Å²) in [6.07, 6.45) is 3.47. The molecule has 2 N–H and O–H groups in total. The Balaban J connectivity index is 1.48. The Labute approximate surface area is 151 Å². The van der Waals surface area contributed by atoms with Gasteiger partial charge in [-0.05, 0) is 23.6 Å². The van der Waals surface area contributed by atoms with Gasteiger partial charge in [-0.15, -0.1) is 0 Å². The third-order valence-corrected chi connectivity index (χ3v) is 3.85. The van der Waals surface area contributed by atoms with E-state index >= 15 is 0 Å². The van der Waals surface area contributed by atoms with E-state index in [1.54, 1.807) is 18.2 Å². The molecule has 3 aromatic rings. The Hall–Kier alpha value is -3.28. The highest BCUT2D eigenvalue weighted by Crippen LogP contribution is 2.08. The lowest BCUT2D eigenvalue weighted by molar-refractivity contribution is 0.0950. The minimum absolute atomic E-state index is 0.222. The fraction of sp³-hybridized carbons (Fsp3) is 0.150. The summed E-state index contributed by atoms with van der Waals surface area (Å²) in [5.74, 6) is -0.0478. The van der Waals surface area contributed by atoms with Crippen LogP contribution in [-0.2, 0) is 13.0 Å². The first-order valence-corrected chi connectivity index (χ1v) is 8.34. The van der Waals surface area contributed by atoms with E-state index in [2.05, 4.69) is 20.6 Å². The zero-order valence-corrected chi connectivity index (χ0v) is 14.2. The SMILES string of the molecule is O=C(NCc1ccccc1)c1cnc(NCCc2ccccc2F)nc1. The average Bonchev–Trinajstić information content (AvgIpc) is 2.69. The van der Waals surface area contributed by atoms with E-state index in [-0.39, 0.29) is 11.7 Å². The van der Waals surface area contributed by atoms with Crippen LogP contribution in [0, 0.1) is 5.82 Å². The smallest absolute Gasteiger partial charge is 0.254 e. The van der Waals surface area contributed by atoms with Crippen molar-refractivity contribution in [1.82, 2.24) is 15.3 Å². The van der Waals surface area contributed by atoms with Gasteiger partial charge in [0.15, 0.2) is 0 Å². The van der Waals surface area contributed by atoms with Crippen molar-refractivity contribution in [1.29, 1.82) is 0 Å². The predicted molar refractivity (Wildman–Crippen MR) is 98.2 cm³/mol. The van der Waals surface area contributed by atoms with Crippen molar-refractivity contribution in [2.75, 3.05) is 11.9 Å². The van der Waals surface area contributed by atoms with Gasteiger partial charge in [-0.3, -0.25) is 4.79 Å². The Bertz CT molecular complexity index is 853. The standard InChI is InChI=1S/C20H19FN4O/c21-18-9-5-4-8-16(18)10-11-22-20-24-13-17(14-25-20)19(26)23-12-15-6-2-1-3-7-15/h1-9,13-14H,10-12H2,(H,23,26)(H,22,24,25). The Morgan fingerprint density at radius 1 is 0.962 bits per heavy atom. The van der Waals surface area contributed by atoms with Crippen LogP contribution in [0.4, 0.5) is 10.3 Å². The van der Waals surface area contributed by atoms with Gasteiger partial charge < -0.3 is 10.6 Å². The largest absolute Gasteiger partial charge is 0.354 e. The van der Waals surface area contributed by atoms with E-state index in [9.17, 15) is 9.18 Å². The van der Waals surface area contributed by atoms with Gasteiger partial charge in [0.05, 0.1) is 5.56 Å². The lowest BCUT2D eigenvalue weighted by atomic mass is 10.1. The van der Waals surface area contributed by atoms with E-state index < -0.39 is 0 Å². The summed E-state index contributed by atoms with van der Waals surface area (Å²) in [7, 11) is 0. The minimum atomic E-state index is -0.230. The maximum atomic E-state index is 13.5. The topological polar surface area (TPSA) is 66.9 Å². The first-order valence-electron chi connectivity index (χ1n) is 8.34. The molecule has 0 saturated heterocycles. The van der Waals surface area contributed by atoms with Gasteiger partial charge in [-0.1, -0.05) is 48.5 Å². The second-order valence-electron chi connectivity index (χ2n) is 5.73. The van der Waals surface area contributed by atoms with Crippen molar-refractivity contribution in [3.63, 3.8) is 0 Å². The van der Waals surface area contributed by atoms with Crippen molar-refractivity contribution in [3.8, 4) is 0 Å². The maximum Gasteiger partial charge on any atom is 0.254 e. The fourth-order valence-corrected chi connectivity index (χ4v) is 2.43. The van der Waals surface area contributed by atoms with E-state index in [4.69, 9.17) is 0 Å². The van der Waals surface area contributed by atoms with Gasteiger partial charge in [0, 0.05) is 25.5 Å². The molecular weight excluding hydrogens is 331 g/mol. The highest BCUT2D eigenvalue weighted by atomic mass is 19.1. The summed E-state index contributed by atoms with van der Waals surface area (Å²) in [6, 6.07) is 16.3. The number of amides is 1. The van der Waals surface area contributed by atoms with Crippen LogP contribution in [0.5, 0.6) is 0 Å². The number of benzene rings is 2. The number of hydrogen-bond acceptors (Lipinski definition) is 4. The molecule has 0 fully saturated rings. The van der Waals surface area contributed by atoms with Gasteiger partial charge in [-0.25, -0.2) is 14.4 Å². The molecule has 132 valence electrons. The second kappa shape index (κ2) is 8.71. The van der Waals surface area contributed by atoms with Gasteiger partial charge in [-0.2, -0.15) is 0 Å². The number of carbonyl (C=O) groups is 1. The molecular formula is C20H19FN4O. The second-order valence-corrected chi connectivity index (χ2v) is 5.73. The molecule has 0 aliphatic rings. The van der Waals surface area contributed by atoms with Crippen molar-refractivity contribution in [2.45, 2.75) is 13.0 Å². The van der Waals surface area contributed by atoms with Crippen LogP contribution in [0.2, 0.25) is 0 Å². The first-order chi connectivity index (χ1) is 12.7. The van der Waals surface area contributed by atoms with Crippen molar-refractivity contribution < 1.29 is 9.18 Å². The molecule has 6 heteroatoms. The molecule has 1 aromatic heterocycles. The third kappa shape index (κ3) is 4.86. The normalized spacial score (nSPS) is 10.3. The van der Waals surface area contributed by atoms with Crippen molar-refractivity contribution >= 4 is 11.9 Å². The molecule has 0 aliphatic heterocycles. The molecule has 0 radical (unpaired) electrons. The summed E-state index contributed by atoms with van der Waals surface area (Å²) in [4.78, 5) is 20.4. The minimum Gasteiger partial charge on any atom is -0.354 e. The maximum absolute atomic E-state index is 13.5. The van der Waals surface area contributed by atoms with Crippen LogP contribution in [0.1, 0.15) is 21.5 Å².